The highest BCUT2D eigenvalue weighted by molar-refractivity contribution is 6.30. The molecule has 1 N–H and O–H groups in total. The zero-order valence-corrected chi connectivity index (χ0v) is 17.5. The lowest BCUT2D eigenvalue weighted by atomic mass is 10.0. The van der Waals surface area contributed by atoms with Crippen molar-refractivity contribution in [2.75, 3.05) is 37.6 Å². The van der Waals surface area contributed by atoms with Crippen LogP contribution >= 0.6 is 11.6 Å². The van der Waals surface area contributed by atoms with Gasteiger partial charge in [-0.15, -0.1) is 10.2 Å². The second-order valence-electron chi connectivity index (χ2n) is 7.89. The molecule has 2 aliphatic rings. The smallest absolute Gasteiger partial charge is 0.239 e. The van der Waals surface area contributed by atoms with E-state index < -0.39 is 0 Å². The Bertz CT molecular complexity index is 1060. The van der Waals surface area contributed by atoms with Gasteiger partial charge in [-0.25, -0.2) is 0 Å². The maximum atomic E-state index is 12.7. The van der Waals surface area contributed by atoms with Crippen molar-refractivity contribution < 1.29 is 4.79 Å². The van der Waals surface area contributed by atoms with E-state index in [1.54, 1.807) is 0 Å². The molecule has 1 amide bonds. The van der Waals surface area contributed by atoms with Crippen molar-refractivity contribution in [2.24, 2.45) is 0 Å². The number of halogens is 1. The van der Waals surface area contributed by atoms with Crippen molar-refractivity contribution in [1.82, 2.24) is 20.4 Å². The molecule has 0 saturated carbocycles. The molecule has 3 heterocycles. The SMILES string of the molecule is O=C(C1CCCN1)N1CCN(c2nnc(-c3ccc(Cl)cc3)c3ccccc23)CC1. The van der Waals surface area contributed by atoms with Crippen LogP contribution in [0.4, 0.5) is 5.82 Å². The molecule has 1 unspecified atom stereocenters. The van der Waals surface area contributed by atoms with Crippen LogP contribution in [0.25, 0.3) is 22.0 Å². The van der Waals surface area contributed by atoms with Gasteiger partial charge in [-0.05, 0) is 31.5 Å². The average molecular weight is 422 g/mol. The van der Waals surface area contributed by atoms with Crippen LogP contribution in [0.2, 0.25) is 5.02 Å². The minimum absolute atomic E-state index is 0.00386. The maximum Gasteiger partial charge on any atom is 0.239 e. The number of rotatable bonds is 3. The number of piperazine rings is 1. The van der Waals surface area contributed by atoms with Gasteiger partial charge in [-0.2, -0.15) is 0 Å². The van der Waals surface area contributed by atoms with Crippen LogP contribution in [0.1, 0.15) is 12.8 Å². The number of aromatic nitrogens is 2. The molecule has 1 aromatic heterocycles. The van der Waals surface area contributed by atoms with E-state index in [0.29, 0.717) is 18.1 Å². The number of hydrogen-bond donors (Lipinski definition) is 1. The molecule has 2 fully saturated rings. The molecule has 2 saturated heterocycles. The molecule has 154 valence electrons. The fraction of sp³-hybridized carbons (Fsp3) is 0.348. The number of fused-ring (bicyclic) bond motifs is 1. The first-order chi connectivity index (χ1) is 14.7. The van der Waals surface area contributed by atoms with Crippen LogP contribution in [-0.2, 0) is 4.79 Å². The quantitative estimate of drug-likeness (QED) is 0.702. The monoisotopic (exact) mass is 421 g/mol. The normalized spacial score (nSPS) is 19.4. The van der Waals surface area contributed by atoms with Crippen LogP contribution in [-0.4, -0.2) is 59.8 Å². The first-order valence-electron chi connectivity index (χ1n) is 10.5. The Morgan fingerprint density at radius 2 is 1.70 bits per heavy atom. The van der Waals surface area contributed by atoms with Crippen LogP contribution in [0.15, 0.2) is 48.5 Å². The van der Waals surface area contributed by atoms with Gasteiger partial charge < -0.3 is 15.1 Å². The summed E-state index contributed by atoms with van der Waals surface area (Å²) in [6, 6.07) is 15.9. The molecule has 0 aliphatic carbocycles. The van der Waals surface area contributed by atoms with E-state index >= 15 is 0 Å². The largest absolute Gasteiger partial charge is 0.351 e. The van der Waals surface area contributed by atoms with E-state index in [4.69, 9.17) is 11.6 Å². The molecule has 30 heavy (non-hydrogen) atoms. The van der Waals surface area contributed by atoms with Crippen molar-refractivity contribution in [1.29, 1.82) is 0 Å². The van der Waals surface area contributed by atoms with Gasteiger partial charge >= 0.3 is 0 Å². The van der Waals surface area contributed by atoms with Gasteiger partial charge in [0.25, 0.3) is 0 Å². The lowest BCUT2D eigenvalue weighted by Gasteiger charge is -2.36. The lowest BCUT2D eigenvalue weighted by Crippen LogP contribution is -2.53. The molecule has 3 aromatic rings. The van der Waals surface area contributed by atoms with Gasteiger partial charge in [0.15, 0.2) is 5.82 Å². The predicted molar refractivity (Wildman–Crippen MR) is 120 cm³/mol. The fourth-order valence-electron chi connectivity index (χ4n) is 4.40. The van der Waals surface area contributed by atoms with E-state index in [1.807, 2.05) is 41.3 Å². The van der Waals surface area contributed by atoms with Gasteiger partial charge in [0.2, 0.25) is 5.91 Å². The third-order valence-electron chi connectivity index (χ3n) is 6.03. The average Bonchev–Trinajstić information content (AvgIpc) is 3.34. The first-order valence-corrected chi connectivity index (χ1v) is 10.9. The van der Waals surface area contributed by atoms with Crippen molar-refractivity contribution in [2.45, 2.75) is 18.9 Å². The summed E-state index contributed by atoms with van der Waals surface area (Å²) >= 11 is 6.05. The second kappa shape index (κ2) is 8.20. The Morgan fingerprint density at radius 3 is 2.40 bits per heavy atom. The van der Waals surface area contributed by atoms with Crippen LogP contribution in [0.5, 0.6) is 0 Å². The molecular formula is C23H24ClN5O. The first kappa shape index (κ1) is 19.3. The Hall–Kier alpha value is -2.70. The number of nitrogens with one attached hydrogen (secondary N) is 1. The molecule has 0 bridgehead atoms. The second-order valence-corrected chi connectivity index (χ2v) is 8.32. The summed E-state index contributed by atoms with van der Waals surface area (Å²) in [5.74, 6) is 1.12. The summed E-state index contributed by atoms with van der Waals surface area (Å²) in [7, 11) is 0. The standard InChI is InChI=1S/C23H24ClN5O/c24-17-9-7-16(8-10-17)21-18-4-1-2-5-19(18)22(27-26-21)28-12-14-29(15-13-28)23(30)20-6-3-11-25-20/h1-2,4-5,7-10,20,25H,3,6,11-15H2. The lowest BCUT2D eigenvalue weighted by molar-refractivity contribution is -0.133. The number of carbonyl (C=O) groups is 1. The van der Waals surface area contributed by atoms with E-state index in [9.17, 15) is 4.79 Å². The number of nitrogens with zero attached hydrogens (tertiary/aromatic N) is 4. The molecule has 1 atom stereocenters. The van der Waals surface area contributed by atoms with Crippen molar-refractivity contribution in [3.63, 3.8) is 0 Å². The summed E-state index contributed by atoms with van der Waals surface area (Å²) in [5, 5.41) is 15.3. The fourth-order valence-corrected chi connectivity index (χ4v) is 4.52. The predicted octanol–water partition coefficient (Wildman–Crippen LogP) is 3.35. The van der Waals surface area contributed by atoms with Crippen LogP contribution < -0.4 is 10.2 Å². The topological polar surface area (TPSA) is 61.4 Å². The molecule has 5 rings (SSSR count). The van der Waals surface area contributed by atoms with E-state index in [0.717, 1.165) is 60.3 Å². The van der Waals surface area contributed by atoms with Crippen LogP contribution in [0.3, 0.4) is 0 Å². The highest BCUT2D eigenvalue weighted by Gasteiger charge is 2.30. The Balaban J connectivity index is 1.40. The third kappa shape index (κ3) is 3.61. The summed E-state index contributed by atoms with van der Waals surface area (Å²) in [4.78, 5) is 16.9. The minimum Gasteiger partial charge on any atom is -0.351 e. The zero-order chi connectivity index (χ0) is 20.5. The van der Waals surface area contributed by atoms with Gasteiger partial charge in [-0.3, -0.25) is 4.79 Å². The Labute approximate surface area is 180 Å². The number of carbonyl (C=O) groups excluding carboxylic acids is 1. The zero-order valence-electron chi connectivity index (χ0n) is 16.7. The third-order valence-corrected chi connectivity index (χ3v) is 6.29. The molecular weight excluding hydrogens is 398 g/mol. The van der Waals surface area contributed by atoms with Crippen LogP contribution in [0, 0.1) is 0 Å². The molecule has 0 radical (unpaired) electrons. The van der Waals surface area contributed by atoms with E-state index in [2.05, 4.69) is 32.5 Å². The van der Waals surface area contributed by atoms with Crippen molar-refractivity contribution in [3.8, 4) is 11.3 Å². The summed E-state index contributed by atoms with van der Waals surface area (Å²) < 4.78 is 0. The van der Waals surface area contributed by atoms with Gasteiger partial charge in [-0.1, -0.05) is 48.0 Å². The number of anilines is 1. The van der Waals surface area contributed by atoms with Crippen molar-refractivity contribution >= 4 is 34.1 Å². The Kier molecular flexibility index (Phi) is 5.27. The minimum atomic E-state index is -0.00386. The van der Waals surface area contributed by atoms with Gasteiger partial charge in [0.05, 0.1) is 6.04 Å². The number of benzene rings is 2. The summed E-state index contributed by atoms with van der Waals surface area (Å²) in [6.07, 6.45) is 2.03. The van der Waals surface area contributed by atoms with E-state index in [-0.39, 0.29) is 11.9 Å². The molecule has 6 nitrogen and oxygen atoms in total. The maximum absolute atomic E-state index is 12.7. The van der Waals surface area contributed by atoms with E-state index in [1.165, 1.54) is 0 Å². The van der Waals surface area contributed by atoms with Crippen molar-refractivity contribution in [3.05, 3.63) is 53.6 Å². The number of hydrogen-bond acceptors (Lipinski definition) is 5. The molecule has 2 aromatic carbocycles. The van der Waals surface area contributed by atoms with Gasteiger partial charge in [0.1, 0.15) is 5.69 Å². The summed E-state index contributed by atoms with van der Waals surface area (Å²) in [6.45, 7) is 3.89. The molecule has 7 heteroatoms. The highest BCUT2D eigenvalue weighted by Crippen LogP contribution is 2.32. The summed E-state index contributed by atoms with van der Waals surface area (Å²) in [5.41, 5.74) is 1.85. The van der Waals surface area contributed by atoms with Gasteiger partial charge in [0, 0.05) is 47.5 Å². The number of amides is 1. The molecule has 0 spiro atoms. The Morgan fingerprint density at radius 1 is 0.967 bits per heavy atom. The highest BCUT2D eigenvalue weighted by atomic mass is 35.5. The molecule has 2 aliphatic heterocycles.